The molecule has 0 saturated carbocycles. The van der Waals surface area contributed by atoms with E-state index < -0.39 is 10.1 Å². The highest BCUT2D eigenvalue weighted by atomic mass is 79.9. The number of rotatable bonds is 5. The fourth-order valence-electron chi connectivity index (χ4n) is 2.73. The molecule has 0 N–H and O–H groups in total. The molecule has 0 radical (unpaired) electrons. The Kier molecular flexibility index (Phi) is 5.45. The van der Waals surface area contributed by atoms with Crippen molar-refractivity contribution in [3.8, 4) is 22.8 Å². The largest absolute Gasteiger partial charge is 0.358 e. The number of nitrogens with zero attached hydrogens (tertiary/aromatic N) is 2. The van der Waals surface area contributed by atoms with Crippen LogP contribution in [0.4, 0.5) is 0 Å². The monoisotopic (exact) mass is 488 g/mol. The first-order valence-electron chi connectivity index (χ1n) is 8.54. The molecule has 3 aromatic carbocycles. The normalized spacial score (nSPS) is 11.4. The van der Waals surface area contributed by atoms with Crippen LogP contribution in [0.1, 0.15) is 0 Å². The van der Waals surface area contributed by atoms with E-state index in [9.17, 15) is 8.42 Å². The highest BCUT2D eigenvalue weighted by Gasteiger charge is 2.22. The van der Waals surface area contributed by atoms with Crippen LogP contribution in [0.5, 0.6) is 5.88 Å². The van der Waals surface area contributed by atoms with Crippen LogP contribution in [0.25, 0.3) is 16.9 Å². The number of halogens is 2. The van der Waals surface area contributed by atoms with Crippen molar-refractivity contribution in [2.24, 2.45) is 0 Å². The van der Waals surface area contributed by atoms with Crippen LogP contribution in [0.15, 0.2) is 94.3 Å². The highest BCUT2D eigenvalue weighted by Crippen LogP contribution is 2.29. The molecule has 0 atom stereocenters. The molecular formula is C21H14BrClN2O3S. The van der Waals surface area contributed by atoms with Crippen LogP contribution < -0.4 is 4.18 Å². The first-order valence-corrected chi connectivity index (χ1v) is 11.1. The van der Waals surface area contributed by atoms with Crippen molar-refractivity contribution < 1.29 is 12.6 Å². The molecule has 0 aliphatic rings. The fourth-order valence-corrected chi connectivity index (χ4v) is 4.09. The molecule has 0 bridgehead atoms. The third kappa shape index (κ3) is 4.37. The molecular weight excluding hydrogens is 476 g/mol. The lowest BCUT2D eigenvalue weighted by atomic mass is 10.2. The van der Waals surface area contributed by atoms with Crippen LogP contribution in [-0.2, 0) is 10.1 Å². The number of benzene rings is 3. The summed E-state index contributed by atoms with van der Waals surface area (Å²) in [4.78, 5) is 0.0424. The van der Waals surface area contributed by atoms with Gasteiger partial charge < -0.3 is 4.18 Å². The first kappa shape index (κ1) is 19.7. The maximum Gasteiger partial charge on any atom is 0.340 e. The van der Waals surface area contributed by atoms with Crippen molar-refractivity contribution in [3.05, 3.63) is 94.4 Å². The third-order valence-corrected chi connectivity index (χ3v) is 6.10. The lowest BCUT2D eigenvalue weighted by Gasteiger charge is -2.09. The molecule has 1 aromatic heterocycles. The summed E-state index contributed by atoms with van der Waals surface area (Å²) in [5.74, 6) is 0.0639. The van der Waals surface area contributed by atoms with Gasteiger partial charge in [0.05, 0.1) is 11.4 Å². The van der Waals surface area contributed by atoms with E-state index in [-0.39, 0.29) is 10.8 Å². The van der Waals surface area contributed by atoms with Gasteiger partial charge in [-0.2, -0.15) is 18.2 Å². The van der Waals surface area contributed by atoms with E-state index in [1.165, 1.54) is 16.8 Å². The van der Waals surface area contributed by atoms with Gasteiger partial charge in [0.15, 0.2) is 0 Å². The van der Waals surface area contributed by atoms with Crippen molar-refractivity contribution >= 4 is 37.6 Å². The Balaban J connectivity index is 1.81. The fraction of sp³-hybridized carbons (Fsp3) is 0. The molecule has 29 heavy (non-hydrogen) atoms. The Morgan fingerprint density at radius 3 is 2.31 bits per heavy atom. The molecule has 1 heterocycles. The number of aromatic nitrogens is 2. The van der Waals surface area contributed by atoms with Gasteiger partial charge in [-0.3, -0.25) is 0 Å². The standard InChI is InChI=1S/C21H14BrClN2O3S/c22-16-9-11-19(12-10-16)29(26,27)28-21-14-20(15-5-2-1-3-6-15)24-25(21)18-8-4-7-17(23)13-18/h1-14H. The predicted octanol–water partition coefficient (Wildman–Crippen LogP) is 5.72. The molecule has 0 amide bonds. The van der Waals surface area contributed by atoms with Gasteiger partial charge >= 0.3 is 10.1 Å². The smallest absolute Gasteiger partial charge is 0.340 e. The van der Waals surface area contributed by atoms with Gasteiger partial charge in [-0.05, 0) is 42.5 Å². The lowest BCUT2D eigenvalue weighted by molar-refractivity contribution is 0.465. The Hall–Kier alpha value is -2.61. The molecule has 0 aliphatic carbocycles. The minimum atomic E-state index is -4.05. The Bertz CT molecular complexity index is 1260. The van der Waals surface area contributed by atoms with E-state index in [0.29, 0.717) is 16.4 Å². The molecule has 0 spiro atoms. The maximum absolute atomic E-state index is 12.8. The van der Waals surface area contributed by atoms with Gasteiger partial charge in [-0.15, -0.1) is 0 Å². The predicted molar refractivity (Wildman–Crippen MR) is 116 cm³/mol. The van der Waals surface area contributed by atoms with Crippen molar-refractivity contribution in [2.75, 3.05) is 0 Å². The summed E-state index contributed by atoms with van der Waals surface area (Å²) in [6.07, 6.45) is 0. The Labute approximate surface area is 181 Å². The molecule has 5 nitrogen and oxygen atoms in total. The number of hydrogen-bond donors (Lipinski definition) is 0. The zero-order valence-electron chi connectivity index (χ0n) is 14.9. The summed E-state index contributed by atoms with van der Waals surface area (Å²) < 4.78 is 33.3. The van der Waals surface area contributed by atoms with Crippen LogP contribution >= 0.6 is 27.5 Å². The summed E-state index contributed by atoms with van der Waals surface area (Å²) in [6.45, 7) is 0. The second kappa shape index (κ2) is 8.02. The van der Waals surface area contributed by atoms with Crippen molar-refractivity contribution in [1.82, 2.24) is 9.78 Å². The van der Waals surface area contributed by atoms with Crippen molar-refractivity contribution in [2.45, 2.75) is 4.90 Å². The van der Waals surface area contributed by atoms with E-state index in [0.717, 1.165) is 10.0 Å². The Morgan fingerprint density at radius 1 is 0.897 bits per heavy atom. The minimum Gasteiger partial charge on any atom is -0.358 e. The maximum atomic E-state index is 12.8. The van der Waals surface area contributed by atoms with Gasteiger partial charge in [0.2, 0.25) is 5.88 Å². The quantitative estimate of drug-likeness (QED) is 0.336. The molecule has 0 fully saturated rings. The summed E-state index contributed by atoms with van der Waals surface area (Å²) in [6, 6.07) is 24.2. The Morgan fingerprint density at radius 2 is 1.62 bits per heavy atom. The SMILES string of the molecule is O=S(=O)(Oc1cc(-c2ccccc2)nn1-c1cccc(Cl)c1)c1ccc(Br)cc1. The van der Waals surface area contributed by atoms with Gasteiger partial charge in [0.1, 0.15) is 4.90 Å². The van der Waals surface area contributed by atoms with Crippen molar-refractivity contribution in [1.29, 1.82) is 0 Å². The third-order valence-electron chi connectivity index (χ3n) is 4.10. The average Bonchev–Trinajstić information content (AvgIpc) is 3.12. The first-order chi connectivity index (χ1) is 13.9. The lowest BCUT2D eigenvalue weighted by Crippen LogP contribution is -2.12. The van der Waals surface area contributed by atoms with Crippen LogP contribution in [0, 0.1) is 0 Å². The van der Waals surface area contributed by atoms with E-state index in [1.54, 1.807) is 42.5 Å². The molecule has 0 unspecified atom stereocenters. The molecule has 146 valence electrons. The van der Waals surface area contributed by atoms with E-state index in [1.807, 2.05) is 30.3 Å². The average molecular weight is 490 g/mol. The summed E-state index contributed by atoms with van der Waals surface area (Å²) in [5, 5.41) is 5.05. The zero-order chi connectivity index (χ0) is 20.4. The second-order valence-corrected chi connectivity index (χ2v) is 9.02. The van der Waals surface area contributed by atoms with Gasteiger partial charge in [0.25, 0.3) is 0 Å². The van der Waals surface area contributed by atoms with Crippen LogP contribution in [0.3, 0.4) is 0 Å². The molecule has 0 aliphatic heterocycles. The van der Waals surface area contributed by atoms with Crippen LogP contribution in [0.2, 0.25) is 5.02 Å². The molecule has 4 aromatic rings. The second-order valence-electron chi connectivity index (χ2n) is 6.12. The van der Waals surface area contributed by atoms with E-state index >= 15 is 0 Å². The number of hydrogen-bond acceptors (Lipinski definition) is 4. The van der Waals surface area contributed by atoms with Gasteiger partial charge in [-0.1, -0.05) is 63.9 Å². The van der Waals surface area contributed by atoms with Crippen LogP contribution in [-0.4, -0.2) is 18.2 Å². The molecule has 8 heteroatoms. The summed E-state index contributed by atoms with van der Waals surface area (Å²) >= 11 is 9.41. The minimum absolute atomic E-state index is 0.0424. The molecule has 0 saturated heterocycles. The van der Waals surface area contributed by atoms with Gasteiger partial charge in [-0.25, -0.2) is 0 Å². The molecule has 4 rings (SSSR count). The van der Waals surface area contributed by atoms with Gasteiger partial charge in [0, 0.05) is 21.1 Å². The zero-order valence-corrected chi connectivity index (χ0v) is 18.0. The summed E-state index contributed by atoms with van der Waals surface area (Å²) in [7, 11) is -4.05. The topological polar surface area (TPSA) is 61.2 Å². The van der Waals surface area contributed by atoms with E-state index in [4.69, 9.17) is 15.8 Å². The van der Waals surface area contributed by atoms with E-state index in [2.05, 4.69) is 21.0 Å². The van der Waals surface area contributed by atoms with Crippen molar-refractivity contribution in [3.63, 3.8) is 0 Å². The highest BCUT2D eigenvalue weighted by molar-refractivity contribution is 9.10. The summed E-state index contributed by atoms with van der Waals surface area (Å²) in [5.41, 5.74) is 1.99.